The third kappa shape index (κ3) is 2.21. The van der Waals surface area contributed by atoms with Gasteiger partial charge in [0.25, 0.3) is 0 Å². The molecule has 2 rings (SSSR count). The van der Waals surface area contributed by atoms with E-state index in [0.717, 1.165) is 22.2 Å². The minimum absolute atomic E-state index is 0.231. The van der Waals surface area contributed by atoms with Crippen LogP contribution in [0.4, 0.5) is 0 Å². The van der Waals surface area contributed by atoms with E-state index in [4.69, 9.17) is 10.00 Å². The molecule has 18 heavy (non-hydrogen) atoms. The molecular weight excluding hydrogens is 228 g/mol. The number of esters is 1. The Balaban J connectivity index is 2.45. The summed E-state index contributed by atoms with van der Waals surface area (Å²) in [5.41, 5.74) is 3.37. The number of aromatic amines is 1. The van der Waals surface area contributed by atoms with Gasteiger partial charge >= 0.3 is 5.97 Å². The van der Waals surface area contributed by atoms with Crippen LogP contribution in [0.15, 0.2) is 18.2 Å². The first-order valence-corrected chi connectivity index (χ1v) is 5.82. The van der Waals surface area contributed by atoms with Crippen LogP contribution in [0.3, 0.4) is 0 Å². The first-order valence-electron chi connectivity index (χ1n) is 5.82. The van der Waals surface area contributed by atoms with Crippen LogP contribution in [0.5, 0.6) is 0 Å². The van der Waals surface area contributed by atoms with E-state index in [1.54, 1.807) is 19.1 Å². The molecule has 1 aromatic carbocycles. The number of aryl methyl sites for hydroxylation is 1. The van der Waals surface area contributed by atoms with Crippen LogP contribution in [-0.2, 0) is 16.0 Å². The summed E-state index contributed by atoms with van der Waals surface area (Å²) in [6.07, 6.45) is 0.231. The van der Waals surface area contributed by atoms with E-state index in [1.165, 1.54) is 0 Å². The van der Waals surface area contributed by atoms with Crippen LogP contribution in [0.25, 0.3) is 10.9 Å². The molecule has 0 unspecified atom stereocenters. The highest BCUT2D eigenvalue weighted by Gasteiger charge is 2.13. The van der Waals surface area contributed by atoms with Gasteiger partial charge in [-0.15, -0.1) is 0 Å². The Bertz CT molecular complexity index is 635. The van der Waals surface area contributed by atoms with Crippen molar-refractivity contribution in [1.29, 1.82) is 5.26 Å². The van der Waals surface area contributed by atoms with E-state index in [2.05, 4.69) is 11.1 Å². The van der Waals surface area contributed by atoms with Crippen molar-refractivity contribution < 1.29 is 9.53 Å². The summed E-state index contributed by atoms with van der Waals surface area (Å²) in [5.74, 6) is -0.246. The number of benzene rings is 1. The van der Waals surface area contributed by atoms with Gasteiger partial charge < -0.3 is 9.72 Å². The van der Waals surface area contributed by atoms with Gasteiger partial charge in [0, 0.05) is 16.6 Å². The average molecular weight is 242 g/mol. The zero-order valence-corrected chi connectivity index (χ0v) is 10.4. The van der Waals surface area contributed by atoms with Crippen molar-refractivity contribution in [2.24, 2.45) is 0 Å². The first kappa shape index (κ1) is 12.2. The van der Waals surface area contributed by atoms with Gasteiger partial charge in [-0.25, -0.2) is 0 Å². The molecule has 0 aliphatic heterocycles. The third-order valence-corrected chi connectivity index (χ3v) is 2.88. The molecule has 0 aliphatic rings. The van der Waals surface area contributed by atoms with Gasteiger partial charge in [0.15, 0.2) is 0 Å². The highest BCUT2D eigenvalue weighted by molar-refractivity contribution is 5.89. The van der Waals surface area contributed by atoms with Gasteiger partial charge in [-0.2, -0.15) is 5.26 Å². The lowest BCUT2D eigenvalue weighted by molar-refractivity contribution is -0.142. The zero-order valence-electron chi connectivity index (χ0n) is 10.4. The number of H-pyrrole nitrogens is 1. The molecule has 0 fully saturated rings. The van der Waals surface area contributed by atoms with Crippen molar-refractivity contribution in [3.05, 3.63) is 35.0 Å². The topological polar surface area (TPSA) is 65.9 Å². The Morgan fingerprint density at radius 1 is 1.50 bits per heavy atom. The average Bonchev–Trinajstić information content (AvgIpc) is 2.65. The SMILES string of the molecule is CCOC(=O)Cc1c(C)[nH]c2ccc(C#N)cc12. The molecule has 0 saturated carbocycles. The second-order valence-electron chi connectivity index (χ2n) is 4.08. The highest BCUT2D eigenvalue weighted by Crippen LogP contribution is 2.24. The van der Waals surface area contributed by atoms with Crippen molar-refractivity contribution in [1.82, 2.24) is 4.98 Å². The van der Waals surface area contributed by atoms with Crippen LogP contribution >= 0.6 is 0 Å². The molecule has 1 heterocycles. The fourth-order valence-electron chi connectivity index (χ4n) is 2.04. The van der Waals surface area contributed by atoms with E-state index in [-0.39, 0.29) is 12.4 Å². The van der Waals surface area contributed by atoms with Gasteiger partial charge in [0.1, 0.15) is 0 Å². The van der Waals surface area contributed by atoms with Gasteiger partial charge in [-0.1, -0.05) is 0 Å². The van der Waals surface area contributed by atoms with Gasteiger partial charge in [0.05, 0.1) is 24.7 Å². The maximum atomic E-state index is 11.6. The minimum Gasteiger partial charge on any atom is -0.466 e. The van der Waals surface area contributed by atoms with Crippen LogP contribution in [0.2, 0.25) is 0 Å². The largest absolute Gasteiger partial charge is 0.466 e. The number of carbonyl (C=O) groups excluding carboxylic acids is 1. The molecule has 0 atom stereocenters. The van der Waals surface area contributed by atoms with Gasteiger partial charge in [-0.3, -0.25) is 4.79 Å². The maximum Gasteiger partial charge on any atom is 0.310 e. The Hall–Kier alpha value is -2.28. The van der Waals surface area contributed by atoms with Crippen molar-refractivity contribution in [3.8, 4) is 6.07 Å². The summed E-state index contributed by atoms with van der Waals surface area (Å²) in [7, 11) is 0. The molecule has 0 spiro atoms. The lowest BCUT2D eigenvalue weighted by atomic mass is 10.1. The normalized spacial score (nSPS) is 10.3. The number of fused-ring (bicyclic) bond motifs is 1. The number of aromatic nitrogens is 1. The number of nitriles is 1. The number of ether oxygens (including phenoxy) is 1. The molecule has 4 heteroatoms. The lowest BCUT2D eigenvalue weighted by Gasteiger charge is -2.02. The molecule has 92 valence electrons. The van der Waals surface area contributed by atoms with Crippen LogP contribution in [0, 0.1) is 18.3 Å². The Morgan fingerprint density at radius 3 is 2.94 bits per heavy atom. The van der Waals surface area contributed by atoms with Crippen molar-refractivity contribution in [3.63, 3.8) is 0 Å². The zero-order chi connectivity index (χ0) is 13.1. The number of carbonyl (C=O) groups is 1. The molecule has 0 radical (unpaired) electrons. The maximum absolute atomic E-state index is 11.6. The third-order valence-electron chi connectivity index (χ3n) is 2.88. The summed E-state index contributed by atoms with van der Waals surface area (Å²) in [6, 6.07) is 7.52. The number of rotatable bonds is 3. The molecule has 1 aromatic heterocycles. The fraction of sp³-hybridized carbons (Fsp3) is 0.286. The quantitative estimate of drug-likeness (QED) is 0.841. The van der Waals surface area contributed by atoms with E-state index in [1.807, 2.05) is 13.0 Å². The lowest BCUT2D eigenvalue weighted by Crippen LogP contribution is -2.07. The number of hydrogen-bond donors (Lipinski definition) is 1. The highest BCUT2D eigenvalue weighted by atomic mass is 16.5. The Kier molecular flexibility index (Phi) is 3.33. The molecule has 0 bridgehead atoms. The molecule has 1 N–H and O–H groups in total. The van der Waals surface area contributed by atoms with E-state index in [9.17, 15) is 4.79 Å². The molecular formula is C14H14N2O2. The second kappa shape index (κ2) is 4.92. The standard InChI is InChI=1S/C14H14N2O2/c1-3-18-14(17)7-11-9(2)16-13-5-4-10(8-15)6-12(11)13/h4-6,16H,3,7H2,1-2H3. The van der Waals surface area contributed by atoms with Crippen molar-refractivity contribution in [2.75, 3.05) is 6.61 Å². The molecule has 4 nitrogen and oxygen atoms in total. The minimum atomic E-state index is -0.246. The van der Waals surface area contributed by atoms with Gasteiger partial charge in [-0.05, 0) is 37.6 Å². The fourth-order valence-corrected chi connectivity index (χ4v) is 2.04. The summed E-state index contributed by atoms with van der Waals surface area (Å²) in [4.78, 5) is 14.8. The second-order valence-corrected chi connectivity index (χ2v) is 4.08. The number of nitrogens with zero attached hydrogens (tertiary/aromatic N) is 1. The molecule has 0 amide bonds. The van der Waals surface area contributed by atoms with Gasteiger partial charge in [0.2, 0.25) is 0 Å². The first-order chi connectivity index (χ1) is 8.65. The van der Waals surface area contributed by atoms with Crippen molar-refractivity contribution in [2.45, 2.75) is 20.3 Å². The number of hydrogen-bond acceptors (Lipinski definition) is 3. The summed E-state index contributed by atoms with van der Waals surface area (Å²) >= 11 is 0. The monoisotopic (exact) mass is 242 g/mol. The molecule has 0 aliphatic carbocycles. The van der Waals surface area contributed by atoms with Crippen LogP contribution < -0.4 is 0 Å². The van der Waals surface area contributed by atoms with Crippen LogP contribution in [-0.4, -0.2) is 17.6 Å². The number of nitrogens with one attached hydrogen (secondary N) is 1. The molecule has 0 saturated heterocycles. The smallest absolute Gasteiger partial charge is 0.310 e. The molecule has 2 aromatic rings. The summed E-state index contributed by atoms with van der Waals surface area (Å²) < 4.78 is 4.96. The van der Waals surface area contributed by atoms with Crippen molar-refractivity contribution >= 4 is 16.9 Å². The predicted molar refractivity (Wildman–Crippen MR) is 68.1 cm³/mol. The predicted octanol–water partition coefficient (Wildman–Crippen LogP) is 2.45. The van der Waals surface area contributed by atoms with E-state index < -0.39 is 0 Å². The Labute approximate surface area is 105 Å². The summed E-state index contributed by atoms with van der Waals surface area (Å²) in [5, 5.41) is 9.83. The van der Waals surface area contributed by atoms with Crippen LogP contribution in [0.1, 0.15) is 23.7 Å². The Morgan fingerprint density at radius 2 is 2.28 bits per heavy atom. The summed E-state index contributed by atoms with van der Waals surface area (Å²) in [6.45, 7) is 4.08. The van der Waals surface area contributed by atoms with E-state index >= 15 is 0 Å². The van der Waals surface area contributed by atoms with E-state index in [0.29, 0.717) is 12.2 Å².